The summed E-state index contributed by atoms with van der Waals surface area (Å²) >= 11 is 0. The first-order valence-electron chi connectivity index (χ1n) is 6.35. The van der Waals surface area contributed by atoms with Gasteiger partial charge in [-0.15, -0.1) is 0 Å². The molecule has 1 fully saturated rings. The van der Waals surface area contributed by atoms with Gasteiger partial charge in [0, 0.05) is 5.56 Å². The van der Waals surface area contributed by atoms with Gasteiger partial charge in [-0.05, 0) is 25.0 Å². The Labute approximate surface area is 118 Å². The average Bonchev–Trinajstić information content (AvgIpc) is 2.92. The van der Waals surface area contributed by atoms with E-state index in [1.807, 2.05) is 0 Å². The summed E-state index contributed by atoms with van der Waals surface area (Å²) in [7, 11) is 0. The predicted octanol–water partition coefficient (Wildman–Crippen LogP) is 1.89. The number of amides is 1. The molecule has 114 valence electrons. The van der Waals surface area contributed by atoms with Gasteiger partial charge >= 0.3 is 0 Å². The Morgan fingerprint density at radius 2 is 1.76 bits per heavy atom. The van der Waals surface area contributed by atoms with E-state index < -0.39 is 28.9 Å². The molecular formula is C13H14F3N3O2. The number of amidine groups is 1. The Kier molecular flexibility index (Phi) is 4.06. The first-order valence-corrected chi connectivity index (χ1v) is 6.35. The number of hydrogen-bond acceptors (Lipinski definition) is 3. The predicted molar refractivity (Wildman–Crippen MR) is 68.4 cm³/mol. The van der Waals surface area contributed by atoms with Gasteiger partial charge in [0.25, 0.3) is 5.91 Å². The molecule has 0 bridgehead atoms. The molecule has 2 rings (SSSR count). The topological polar surface area (TPSA) is 87.7 Å². The van der Waals surface area contributed by atoms with Crippen LogP contribution in [-0.4, -0.2) is 22.5 Å². The standard InChI is InChI=1S/C13H14F3N3O2/c14-8-5-7(6-9(15)10(8)16)11(20)18-13(12(17)19-21)3-1-2-4-13/h5-6,21H,1-4H2,(H2,17,19)(H,18,20). The lowest BCUT2D eigenvalue weighted by Gasteiger charge is -2.28. The maximum Gasteiger partial charge on any atom is 0.252 e. The fourth-order valence-corrected chi connectivity index (χ4v) is 2.50. The van der Waals surface area contributed by atoms with Crippen molar-refractivity contribution in [3.05, 3.63) is 35.1 Å². The summed E-state index contributed by atoms with van der Waals surface area (Å²) in [4.78, 5) is 12.1. The second-order valence-corrected chi connectivity index (χ2v) is 4.98. The van der Waals surface area contributed by atoms with Gasteiger partial charge in [-0.3, -0.25) is 4.79 Å². The van der Waals surface area contributed by atoms with Gasteiger partial charge in [0.05, 0.1) is 0 Å². The summed E-state index contributed by atoms with van der Waals surface area (Å²) in [5.41, 5.74) is 4.18. The molecule has 0 atom stereocenters. The van der Waals surface area contributed by atoms with Crippen molar-refractivity contribution in [2.24, 2.45) is 10.9 Å². The van der Waals surface area contributed by atoms with E-state index in [0.29, 0.717) is 25.0 Å². The highest BCUT2D eigenvalue weighted by Crippen LogP contribution is 2.30. The lowest BCUT2D eigenvalue weighted by molar-refractivity contribution is 0.0921. The number of rotatable bonds is 3. The highest BCUT2D eigenvalue weighted by Gasteiger charge is 2.40. The quantitative estimate of drug-likeness (QED) is 0.262. The second-order valence-electron chi connectivity index (χ2n) is 4.98. The number of nitrogens with one attached hydrogen (secondary N) is 1. The van der Waals surface area contributed by atoms with Crippen molar-refractivity contribution < 1.29 is 23.2 Å². The van der Waals surface area contributed by atoms with Crippen LogP contribution in [-0.2, 0) is 0 Å². The molecule has 4 N–H and O–H groups in total. The molecule has 1 aliphatic rings. The zero-order valence-electron chi connectivity index (χ0n) is 11.0. The van der Waals surface area contributed by atoms with Crippen LogP contribution < -0.4 is 11.1 Å². The number of nitrogens with zero attached hydrogens (tertiary/aromatic N) is 1. The minimum atomic E-state index is -1.64. The maximum absolute atomic E-state index is 13.2. The van der Waals surface area contributed by atoms with Crippen LogP contribution in [0.5, 0.6) is 0 Å². The van der Waals surface area contributed by atoms with Crippen LogP contribution in [0.2, 0.25) is 0 Å². The molecule has 1 aliphatic carbocycles. The first-order chi connectivity index (χ1) is 9.89. The van der Waals surface area contributed by atoms with E-state index in [1.54, 1.807) is 0 Å². The van der Waals surface area contributed by atoms with Crippen molar-refractivity contribution in [2.75, 3.05) is 0 Å². The van der Waals surface area contributed by atoms with Crippen molar-refractivity contribution in [1.29, 1.82) is 0 Å². The number of benzene rings is 1. The summed E-state index contributed by atoms with van der Waals surface area (Å²) in [5, 5.41) is 14.2. The lowest BCUT2D eigenvalue weighted by Crippen LogP contribution is -2.55. The molecule has 0 aliphatic heterocycles. The Balaban J connectivity index is 2.28. The number of oxime groups is 1. The van der Waals surface area contributed by atoms with E-state index in [0.717, 1.165) is 12.8 Å². The normalized spacial score (nSPS) is 17.8. The molecule has 0 radical (unpaired) electrons. The zero-order chi connectivity index (χ0) is 15.6. The summed E-state index contributed by atoms with van der Waals surface area (Å²) in [6.45, 7) is 0. The Bertz CT molecular complexity index is 575. The summed E-state index contributed by atoms with van der Waals surface area (Å²) in [6.07, 6.45) is 2.40. The minimum absolute atomic E-state index is 0.170. The van der Waals surface area contributed by atoms with Crippen molar-refractivity contribution in [1.82, 2.24) is 5.32 Å². The maximum atomic E-state index is 13.2. The molecular weight excluding hydrogens is 287 g/mol. The number of carbonyl (C=O) groups is 1. The lowest BCUT2D eigenvalue weighted by atomic mass is 9.95. The molecule has 0 heterocycles. The van der Waals surface area contributed by atoms with Crippen LogP contribution >= 0.6 is 0 Å². The zero-order valence-corrected chi connectivity index (χ0v) is 11.0. The number of hydrogen-bond donors (Lipinski definition) is 3. The summed E-state index contributed by atoms with van der Waals surface area (Å²) in [5.74, 6) is -5.54. The third-order valence-corrected chi connectivity index (χ3v) is 3.65. The molecule has 0 unspecified atom stereocenters. The molecule has 21 heavy (non-hydrogen) atoms. The molecule has 1 aromatic rings. The molecule has 1 saturated carbocycles. The Morgan fingerprint density at radius 3 is 2.24 bits per heavy atom. The molecule has 8 heteroatoms. The van der Waals surface area contributed by atoms with E-state index in [1.165, 1.54) is 0 Å². The fourth-order valence-electron chi connectivity index (χ4n) is 2.50. The van der Waals surface area contributed by atoms with E-state index >= 15 is 0 Å². The van der Waals surface area contributed by atoms with E-state index in [9.17, 15) is 18.0 Å². The third kappa shape index (κ3) is 2.79. The highest BCUT2D eigenvalue weighted by atomic mass is 19.2. The smallest absolute Gasteiger partial charge is 0.252 e. The molecule has 1 amide bonds. The summed E-state index contributed by atoms with van der Waals surface area (Å²) in [6, 6.07) is 1.20. The van der Waals surface area contributed by atoms with Crippen LogP contribution in [0.4, 0.5) is 13.2 Å². The van der Waals surface area contributed by atoms with Crippen LogP contribution in [0.1, 0.15) is 36.0 Å². The molecule has 0 spiro atoms. The van der Waals surface area contributed by atoms with E-state index in [2.05, 4.69) is 10.5 Å². The van der Waals surface area contributed by atoms with Crippen molar-refractivity contribution in [2.45, 2.75) is 31.2 Å². The van der Waals surface area contributed by atoms with Crippen LogP contribution in [0.3, 0.4) is 0 Å². The van der Waals surface area contributed by atoms with Crippen LogP contribution in [0.25, 0.3) is 0 Å². The van der Waals surface area contributed by atoms with E-state index in [4.69, 9.17) is 10.9 Å². The van der Waals surface area contributed by atoms with Crippen molar-refractivity contribution >= 4 is 11.7 Å². The first kappa shape index (κ1) is 15.1. The van der Waals surface area contributed by atoms with Crippen molar-refractivity contribution in [3.8, 4) is 0 Å². The molecule has 0 saturated heterocycles. The number of halogens is 3. The largest absolute Gasteiger partial charge is 0.409 e. The van der Waals surface area contributed by atoms with Gasteiger partial charge < -0.3 is 16.3 Å². The Morgan fingerprint density at radius 1 is 1.24 bits per heavy atom. The van der Waals surface area contributed by atoms with Gasteiger partial charge in [0.2, 0.25) is 0 Å². The monoisotopic (exact) mass is 301 g/mol. The SMILES string of the molecule is NC(=NO)C1(NC(=O)c2cc(F)c(F)c(F)c2)CCCC1. The van der Waals surface area contributed by atoms with Crippen LogP contribution in [0.15, 0.2) is 17.3 Å². The minimum Gasteiger partial charge on any atom is -0.409 e. The second kappa shape index (κ2) is 5.63. The van der Waals surface area contributed by atoms with Crippen molar-refractivity contribution in [3.63, 3.8) is 0 Å². The molecule has 1 aromatic carbocycles. The van der Waals surface area contributed by atoms with Crippen LogP contribution in [0, 0.1) is 17.5 Å². The van der Waals surface area contributed by atoms with Gasteiger partial charge in [0.1, 0.15) is 5.54 Å². The van der Waals surface area contributed by atoms with E-state index in [-0.39, 0.29) is 11.4 Å². The third-order valence-electron chi connectivity index (χ3n) is 3.65. The summed E-state index contributed by atoms with van der Waals surface area (Å²) < 4.78 is 39.2. The number of carbonyl (C=O) groups excluding carboxylic acids is 1. The molecule has 5 nitrogen and oxygen atoms in total. The van der Waals surface area contributed by atoms with Gasteiger partial charge in [-0.2, -0.15) is 0 Å². The highest BCUT2D eigenvalue weighted by molar-refractivity contribution is 6.00. The number of nitrogens with two attached hydrogens (primary N) is 1. The molecule has 0 aromatic heterocycles. The average molecular weight is 301 g/mol. The van der Waals surface area contributed by atoms with Gasteiger partial charge in [-0.1, -0.05) is 18.0 Å². The van der Waals surface area contributed by atoms with Gasteiger partial charge in [-0.25, -0.2) is 13.2 Å². The van der Waals surface area contributed by atoms with Gasteiger partial charge in [0.15, 0.2) is 23.3 Å². The fraction of sp³-hybridized carbons (Fsp3) is 0.385. The Hall–Kier alpha value is -2.25.